The third kappa shape index (κ3) is 3.55. The van der Waals surface area contributed by atoms with Gasteiger partial charge in [-0.15, -0.1) is 0 Å². The van der Waals surface area contributed by atoms with Crippen molar-refractivity contribution in [2.75, 3.05) is 18.5 Å². The molecule has 0 fully saturated rings. The van der Waals surface area contributed by atoms with Gasteiger partial charge in [-0.05, 0) is 56.8 Å². The van der Waals surface area contributed by atoms with Crippen LogP contribution in [0.3, 0.4) is 0 Å². The van der Waals surface area contributed by atoms with Crippen molar-refractivity contribution >= 4 is 23.0 Å². The Labute approximate surface area is 130 Å². The molecule has 0 aliphatic carbocycles. The van der Waals surface area contributed by atoms with Crippen LogP contribution in [0.5, 0.6) is 0 Å². The molecule has 0 aliphatic rings. The molecule has 0 radical (unpaired) electrons. The van der Waals surface area contributed by atoms with Crippen molar-refractivity contribution < 1.29 is 4.39 Å². The van der Waals surface area contributed by atoms with E-state index in [1.54, 1.807) is 6.07 Å². The highest BCUT2D eigenvalue weighted by Gasteiger charge is 2.13. The lowest BCUT2D eigenvalue weighted by Crippen LogP contribution is -2.17. The smallest absolute Gasteiger partial charge is 0.125 e. The van der Waals surface area contributed by atoms with Gasteiger partial charge in [0.25, 0.3) is 0 Å². The number of halogens is 2. The first-order valence-electron chi connectivity index (χ1n) is 7.06. The molecule has 2 aromatic rings. The molecule has 2 rings (SSSR count). The number of nitrogens with zero attached hydrogens (tertiary/aromatic N) is 1. The molecule has 0 aliphatic heterocycles. The zero-order valence-electron chi connectivity index (χ0n) is 12.5. The molecule has 0 aromatic heterocycles. The van der Waals surface area contributed by atoms with E-state index >= 15 is 0 Å². The number of rotatable bonds is 5. The molecule has 0 spiro atoms. The molecule has 0 heterocycles. The van der Waals surface area contributed by atoms with Crippen molar-refractivity contribution in [3.8, 4) is 0 Å². The molecule has 0 saturated heterocycles. The number of hydrogen-bond donors (Lipinski definition) is 1. The summed E-state index contributed by atoms with van der Waals surface area (Å²) in [6.07, 6.45) is 0. The summed E-state index contributed by atoms with van der Waals surface area (Å²) < 4.78 is 13.4. The number of anilines is 2. The lowest BCUT2D eigenvalue weighted by molar-refractivity contribution is 0.627. The zero-order chi connectivity index (χ0) is 15.4. The molecule has 4 heteroatoms. The third-order valence-electron chi connectivity index (χ3n) is 3.63. The summed E-state index contributed by atoms with van der Waals surface area (Å²) in [6, 6.07) is 12.8. The monoisotopic (exact) mass is 306 g/mol. The second-order valence-corrected chi connectivity index (χ2v) is 5.35. The standard InChI is InChI=1S/C17H20ClFN2/c1-4-21(15-7-5-6-14(19)11-15)17-9-8-13(10-16(17)18)12(2)20-3/h5-12,20H,4H2,1-3H3. The highest BCUT2D eigenvalue weighted by molar-refractivity contribution is 6.33. The van der Waals surface area contributed by atoms with Crippen molar-refractivity contribution in [2.24, 2.45) is 0 Å². The average molecular weight is 307 g/mol. The summed E-state index contributed by atoms with van der Waals surface area (Å²) in [5.41, 5.74) is 2.81. The van der Waals surface area contributed by atoms with Gasteiger partial charge in [-0.3, -0.25) is 0 Å². The second-order valence-electron chi connectivity index (χ2n) is 4.95. The molecule has 2 aromatic carbocycles. The first-order valence-corrected chi connectivity index (χ1v) is 7.44. The summed E-state index contributed by atoms with van der Waals surface area (Å²) in [7, 11) is 1.91. The van der Waals surface area contributed by atoms with E-state index in [0.29, 0.717) is 11.6 Å². The van der Waals surface area contributed by atoms with Gasteiger partial charge in [-0.1, -0.05) is 23.7 Å². The van der Waals surface area contributed by atoms with E-state index in [1.165, 1.54) is 12.1 Å². The third-order valence-corrected chi connectivity index (χ3v) is 3.93. The molecule has 0 saturated carbocycles. The number of nitrogens with one attached hydrogen (secondary N) is 1. The van der Waals surface area contributed by atoms with Gasteiger partial charge in [0.2, 0.25) is 0 Å². The maximum atomic E-state index is 13.4. The van der Waals surface area contributed by atoms with Gasteiger partial charge >= 0.3 is 0 Å². The van der Waals surface area contributed by atoms with Crippen molar-refractivity contribution in [1.29, 1.82) is 0 Å². The minimum absolute atomic E-state index is 0.237. The first-order chi connectivity index (χ1) is 10.1. The fourth-order valence-electron chi connectivity index (χ4n) is 2.31. The lowest BCUT2D eigenvalue weighted by Gasteiger charge is -2.25. The summed E-state index contributed by atoms with van der Waals surface area (Å²) in [5.74, 6) is -0.248. The van der Waals surface area contributed by atoms with Gasteiger partial charge in [-0.2, -0.15) is 0 Å². The van der Waals surface area contributed by atoms with E-state index in [1.807, 2.05) is 43.1 Å². The van der Waals surface area contributed by atoms with Crippen LogP contribution in [-0.4, -0.2) is 13.6 Å². The molecular formula is C17H20ClFN2. The van der Waals surface area contributed by atoms with E-state index in [4.69, 9.17) is 11.6 Å². The predicted molar refractivity (Wildman–Crippen MR) is 88.0 cm³/mol. The van der Waals surface area contributed by atoms with E-state index in [0.717, 1.165) is 16.9 Å². The fraction of sp³-hybridized carbons (Fsp3) is 0.294. The Hall–Kier alpha value is -1.58. The Morgan fingerprint density at radius 1 is 1.24 bits per heavy atom. The summed E-state index contributed by atoms with van der Waals surface area (Å²) in [5, 5.41) is 3.86. The van der Waals surface area contributed by atoms with Crippen LogP contribution in [0, 0.1) is 5.82 Å². The molecule has 0 bridgehead atoms. The molecule has 21 heavy (non-hydrogen) atoms. The van der Waals surface area contributed by atoms with Crippen molar-refractivity contribution in [2.45, 2.75) is 19.9 Å². The Bertz CT molecular complexity index is 615. The van der Waals surface area contributed by atoms with Gasteiger partial charge in [0, 0.05) is 18.3 Å². The van der Waals surface area contributed by atoms with Crippen molar-refractivity contribution in [1.82, 2.24) is 5.32 Å². The maximum Gasteiger partial charge on any atom is 0.125 e. The fourth-order valence-corrected chi connectivity index (χ4v) is 2.61. The molecular weight excluding hydrogens is 287 g/mol. The van der Waals surface area contributed by atoms with E-state index < -0.39 is 0 Å². The minimum Gasteiger partial charge on any atom is -0.340 e. The lowest BCUT2D eigenvalue weighted by atomic mass is 10.1. The van der Waals surface area contributed by atoms with Crippen LogP contribution in [0.4, 0.5) is 15.8 Å². The van der Waals surface area contributed by atoms with Gasteiger partial charge in [-0.25, -0.2) is 4.39 Å². The second kappa shape index (κ2) is 6.92. The predicted octanol–water partition coefficient (Wildman–Crippen LogP) is 4.92. The van der Waals surface area contributed by atoms with Crippen LogP contribution in [0.25, 0.3) is 0 Å². The Kier molecular flexibility index (Phi) is 5.21. The van der Waals surface area contributed by atoms with E-state index in [9.17, 15) is 4.39 Å². The summed E-state index contributed by atoms with van der Waals surface area (Å²) in [6.45, 7) is 4.81. The van der Waals surface area contributed by atoms with Crippen molar-refractivity contribution in [3.05, 3.63) is 58.9 Å². The van der Waals surface area contributed by atoms with Crippen LogP contribution < -0.4 is 10.2 Å². The van der Waals surface area contributed by atoms with Crippen molar-refractivity contribution in [3.63, 3.8) is 0 Å². The van der Waals surface area contributed by atoms with Gasteiger partial charge in [0.1, 0.15) is 5.82 Å². The highest BCUT2D eigenvalue weighted by Crippen LogP contribution is 2.33. The van der Waals surface area contributed by atoms with Crippen LogP contribution in [0.15, 0.2) is 42.5 Å². The Balaban J connectivity index is 2.39. The van der Waals surface area contributed by atoms with Gasteiger partial charge in [0.15, 0.2) is 0 Å². The quantitative estimate of drug-likeness (QED) is 0.843. The van der Waals surface area contributed by atoms with E-state index in [2.05, 4.69) is 12.2 Å². The maximum absolute atomic E-state index is 13.4. The molecule has 1 unspecified atom stereocenters. The molecule has 1 atom stereocenters. The zero-order valence-corrected chi connectivity index (χ0v) is 13.3. The molecule has 0 amide bonds. The largest absolute Gasteiger partial charge is 0.340 e. The number of hydrogen-bond acceptors (Lipinski definition) is 2. The van der Waals surface area contributed by atoms with Gasteiger partial charge < -0.3 is 10.2 Å². The summed E-state index contributed by atoms with van der Waals surface area (Å²) >= 11 is 6.43. The van der Waals surface area contributed by atoms with Crippen LogP contribution in [0.1, 0.15) is 25.5 Å². The SMILES string of the molecule is CCN(c1cccc(F)c1)c1ccc(C(C)NC)cc1Cl. The number of benzene rings is 2. The Morgan fingerprint density at radius 3 is 2.57 bits per heavy atom. The molecule has 1 N–H and O–H groups in total. The van der Waals surface area contributed by atoms with Crippen LogP contribution >= 0.6 is 11.6 Å². The van der Waals surface area contributed by atoms with Crippen LogP contribution in [0.2, 0.25) is 5.02 Å². The molecule has 2 nitrogen and oxygen atoms in total. The minimum atomic E-state index is -0.248. The highest BCUT2D eigenvalue weighted by atomic mass is 35.5. The van der Waals surface area contributed by atoms with Gasteiger partial charge in [0.05, 0.1) is 10.7 Å². The first kappa shape index (κ1) is 15.8. The van der Waals surface area contributed by atoms with E-state index in [-0.39, 0.29) is 11.9 Å². The topological polar surface area (TPSA) is 15.3 Å². The average Bonchev–Trinajstić information content (AvgIpc) is 2.49. The van der Waals surface area contributed by atoms with Crippen LogP contribution in [-0.2, 0) is 0 Å². The Morgan fingerprint density at radius 2 is 2.00 bits per heavy atom. The summed E-state index contributed by atoms with van der Waals surface area (Å²) in [4.78, 5) is 2.00. The molecule has 112 valence electrons. The normalized spacial score (nSPS) is 12.2.